The number of ether oxygens (including phenoxy) is 1. The summed E-state index contributed by atoms with van der Waals surface area (Å²) in [5, 5.41) is 14.7. The third-order valence-corrected chi connectivity index (χ3v) is 5.81. The average Bonchev–Trinajstić information content (AvgIpc) is 3.25. The molecule has 1 amide bonds. The summed E-state index contributed by atoms with van der Waals surface area (Å²) in [5.41, 5.74) is 4.35. The summed E-state index contributed by atoms with van der Waals surface area (Å²) >= 11 is 6.02. The van der Waals surface area contributed by atoms with Crippen LogP contribution in [0.1, 0.15) is 29.3 Å². The van der Waals surface area contributed by atoms with Crippen LogP contribution in [0.4, 0.5) is 0 Å². The lowest BCUT2D eigenvalue weighted by Gasteiger charge is -2.18. The van der Waals surface area contributed by atoms with Crippen molar-refractivity contribution in [3.8, 4) is 16.9 Å². The fraction of sp³-hybridized carbons (Fsp3) is 0.222. The molecule has 3 N–H and O–H groups in total. The lowest BCUT2D eigenvalue weighted by molar-refractivity contribution is 0.0912. The lowest BCUT2D eigenvalue weighted by Crippen LogP contribution is -2.39. The Morgan fingerprint density at radius 1 is 1.09 bits per heavy atom. The molecule has 0 aliphatic carbocycles. The number of halogens is 1. The topological polar surface area (TPSA) is 74.3 Å². The minimum absolute atomic E-state index is 0.173. The number of para-hydroxylation sites is 1. The minimum atomic E-state index is -0.435. The first-order chi connectivity index (χ1) is 16.1. The number of rotatable bonds is 9. The maximum Gasteiger partial charge on any atom is 0.255 e. The first-order valence-corrected chi connectivity index (χ1v) is 11.5. The Morgan fingerprint density at radius 3 is 2.61 bits per heavy atom. The number of H-pyrrole nitrogens is 1. The van der Waals surface area contributed by atoms with Gasteiger partial charge in [0.15, 0.2) is 0 Å². The third-order valence-electron chi connectivity index (χ3n) is 5.56. The normalized spacial score (nSPS) is 12.0. The zero-order chi connectivity index (χ0) is 23.2. The Morgan fingerprint density at radius 2 is 1.85 bits per heavy atom. The first-order valence-electron chi connectivity index (χ1n) is 11.1. The molecule has 4 aromatic rings. The number of hydrogen-bond acceptors (Lipinski definition) is 3. The van der Waals surface area contributed by atoms with E-state index in [0.717, 1.165) is 34.0 Å². The van der Waals surface area contributed by atoms with Gasteiger partial charge in [0.25, 0.3) is 5.91 Å². The number of aliphatic hydroxyl groups excluding tert-OH is 1. The standard InChI is InChI=1S/C27H27ClN2O3/c1-2-13-33-26-12-9-19(18-7-10-21(28)11-8-18)15-24(26)27(32)30-22(17-31)14-20-16-29-25-6-4-3-5-23(20)25/h3-12,15-16,22,29,31H,2,13-14,17H2,1H3,(H,30,32)/t22-/m0/s1. The summed E-state index contributed by atoms with van der Waals surface area (Å²) in [6.45, 7) is 2.36. The summed E-state index contributed by atoms with van der Waals surface area (Å²) in [6.07, 6.45) is 3.27. The van der Waals surface area contributed by atoms with Gasteiger partial charge in [0.2, 0.25) is 0 Å². The van der Waals surface area contributed by atoms with Gasteiger partial charge in [-0.15, -0.1) is 0 Å². The molecule has 0 spiro atoms. The first kappa shape index (κ1) is 22.9. The molecule has 0 aliphatic rings. The number of hydrogen-bond donors (Lipinski definition) is 3. The van der Waals surface area contributed by atoms with Gasteiger partial charge in [-0.05, 0) is 59.9 Å². The van der Waals surface area contributed by atoms with Crippen LogP contribution in [0.5, 0.6) is 5.75 Å². The van der Waals surface area contributed by atoms with Crippen LogP contribution in [0.3, 0.4) is 0 Å². The van der Waals surface area contributed by atoms with Gasteiger partial charge in [-0.3, -0.25) is 4.79 Å². The Bertz CT molecular complexity index is 1230. The molecular weight excluding hydrogens is 436 g/mol. The van der Waals surface area contributed by atoms with E-state index < -0.39 is 6.04 Å². The molecule has 1 heterocycles. The molecule has 170 valence electrons. The van der Waals surface area contributed by atoms with Crippen LogP contribution < -0.4 is 10.1 Å². The molecule has 0 saturated heterocycles. The van der Waals surface area contributed by atoms with Crippen molar-refractivity contribution in [1.29, 1.82) is 0 Å². The summed E-state index contributed by atoms with van der Waals surface area (Å²) in [6, 6.07) is 20.6. The molecule has 0 bridgehead atoms. The third kappa shape index (κ3) is 5.38. The molecule has 4 rings (SSSR count). The predicted octanol–water partition coefficient (Wildman–Crippen LogP) is 5.61. The highest BCUT2D eigenvalue weighted by molar-refractivity contribution is 6.30. The second kappa shape index (κ2) is 10.6. The van der Waals surface area contributed by atoms with Gasteiger partial charge in [-0.25, -0.2) is 0 Å². The monoisotopic (exact) mass is 462 g/mol. The number of amides is 1. The van der Waals surface area contributed by atoms with Crippen LogP contribution in [0, 0.1) is 0 Å². The number of carbonyl (C=O) groups excluding carboxylic acids is 1. The summed E-state index contributed by atoms with van der Waals surface area (Å²) < 4.78 is 5.85. The molecule has 0 saturated carbocycles. The largest absolute Gasteiger partial charge is 0.493 e. The highest BCUT2D eigenvalue weighted by atomic mass is 35.5. The minimum Gasteiger partial charge on any atom is -0.493 e. The number of nitrogens with one attached hydrogen (secondary N) is 2. The molecule has 1 atom stereocenters. The maximum absolute atomic E-state index is 13.3. The van der Waals surface area contributed by atoms with Crippen molar-refractivity contribution >= 4 is 28.4 Å². The Hall–Kier alpha value is -3.28. The fourth-order valence-corrected chi connectivity index (χ4v) is 3.98. The second-order valence-corrected chi connectivity index (χ2v) is 8.42. The van der Waals surface area contributed by atoms with Gasteiger partial charge in [0.1, 0.15) is 5.75 Å². The van der Waals surface area contributed by atoms with E-state index in [-0.39, 0.29) is 12.5 Å². The molecule has 0 fully saturated rings. The second-order valence-electron chi connectivity index (χ2n) is 7.98. The van der Waals surface area contributed by atoms with Crippen LogP contribution in [0.25, 0.3) is 22.0 Å². The van der Waals surface area contributed by atoms with Crippen molar-refractivity contribution in [2.24, 2.45) is 0 Å². The van der Waals surface area contributed by atoms with Gasteiger partial charge in [0, 0.05) is 22.1 Å². The van der Waals surface area contributed by atoms with Crippen molar-refractivity contribution < 1.29 is 14.6 Å². The quantitative estimate of drug-likeness (QED) is 0.302. The predicted molar refractivity (Wildman–Crippen MR) is 133 cm³/mol. The lowest BCUT2D eigenvalue weighted by atomic mass is 10.0. The number of aliphatic hydroxyl groups is 1. The molecule has 5 nitrogen and oxygen atoms in total. The van der Waals surface area contributed by atoms with E-state index in [2.05, 4.69) is 10.3 Å². The van der Waals surface area contributed by atoms with E-state index in [1.54, 1.807) is 0 Å². The zero-order valence-corrected chi connectivity index (χ0v) is 19.2. The Kier molecular flexibility index (Phi) is 7.33. The van der Waals surface area contributed by atoms with E-state index in [1.165, 1.54) is 0 Å². The number of aromatic nitrogens is 1. The maximum atomic E-state index is 13.3. The summed E-state index contributed by atoms with van der Waals surface area (Å²) in [5.74, 6) is 0.242. The van der Waals surface area contributed by atoms with Crippen molar-refractivity contribution in [3.63, 3.8) is 0 Å². The van der Waals surface area contributed by atoms with E-state index in [0.29, 0.717) is 29.4 Å². The van der Waals surface area contributed by atoms with Crippen molar-refractivity contribution in [2.45, 2.75) is 25.8 Å². The summed E-state index contributed by atoms with van der Waals surface area (Å²) in [4.78, 5) is 16.5. The van der Waals surface area contributed by atoms with Gasteiger partial charge in [-0.1, -0.05) is 54.9 Å². The van der Waals surface area contributed by atoms with Gasteiger partial charge >= 0.3 is 0 Å². The number of benzene rings is 3. The van der Waals surface area contributed by atoms with Crippen LogP contribution >= 0.6 is 11.6 Å². The smallest absolute Gasteiger partial charge is 0.255 e. The summed E-state index contributed by atoms with van der Waals surface area (Å²) in [7, 11) is 0. The van der Waals surface area contributed by atoms with E-state index in [4.69, 9.17) is 16.3 Å². The molecule has 0 radical (unpaired) electrons. The molecule has 0 unspecified atom stereocenters. The molecule has 3 aromatic carbocycles. The van der Waals surface area contributed by atoms with Crippen molar-refractivity contribution in [2.75, 3.05) is 13.2 Å². The van der Waals surface area contributed by atoms with Gasteiger partial charge in [-0.2, -0.15) is 0 Å². The highest BCUT2D eigenvalue weighted by Gasteiger charge is 2.19. The van der Waals surface area contributed by atoms with E-state index in [9.17, 15) is 9.90 Å². The van der Waals surface area contributed by atoms with E-state index >= 15 is 0 Å². The number of aromatic amines is 1. The van der Waals surface area contributed by atoms with Crippen molar-refractivity contribution in [1.82, 2.24) is 10.3 Å². The number of fused-ring (bicyclic) bond motifs is 1. The van der Waals surface area contributed by atoms with Gasteiger partial charge < -0.3 is 20.1 Å². The van der Waals surface area contributed by atoms with Crippen LogP contribution in [-0.4, -0.2) is 35.3 Å². The van der Waals surface area contributed by atoms with Crippen LogP contribution in [0.2, 0.25) is 5.02 Å². The molecule has 6 heteroatoms. The van der Waals surface area contributed by atoms with Crippen molar-refractivity contribution in [3.05, 3.63) is 89.1 Å². The molecular formula is C27H27ClN2O3. The molecule has 33 heavy (non-hydrogen) atoms. The Labute approximate surface area is 198 Å². The Balaban J connectivity index is 1.58. The number of carbonyl (C=O) groups is 1. The van der Waals surface area contributed by atoms with Crippen LogP contribution in [0.15, 0.2) is 72.9 Å². The van der Waals surface area contributed by atoms with Crippen LogP contribution in [-0.2, 0) is 6.42 Å². The SMILES string of the molecule is CCCOc1ccc(-c2ccc(Cl)cc2)cc1C(=O)N[C@H](CO)Cc1c[nH]c2ccccc12. The zero-order valence-electron chi connectivity index (χ0n) is 18.5. The molecule has 0 aliphatic heterocycles. The van der Waals surface area contributed by atoms with Gasteiger partial charge in [0.05, 0.1) is 24.8 Å². The average molecular weight is 463 g/mol. The highest BCUT2D eigenvalue weighted by Crippen LogP contribution is 2.28. The van der Waals surface area contributed by atoms with E-state index in [1.807, 2.05) is 79.9 Å². The molecule has 1 aromatic heterocycles. The fourth-order valence-electron chi connectivity index (χ4n) is 3.86.